The van der Waals surface area contributed by atoms with Crippen LogP contribution in [-0.2, 0) is 0 Å². The molecule has 1 aliphatic heterocycles. The number of aromatic nitrogens is 1. The van der Waals surface area contributed by atoms with Crippen molar-refractivity contribution in [2.24, 2.45) is 5.92 Å². The average molecular weight is 276 g/mol. The van der Waals surface area contributed by atoms with E-state index < -0.39 is 0 Å². The van der Waals surface area contributed by atoms with E-state index in [2.05, 4.69) is 47.4 Å². The van der Waals surface area contributed by atoms with E-state index >= 15 is 0 Å². The van der Waals surface area contributed by atoms with Gasteiger partial charge >= 0.3 is 0 Å². The molecule has 2 N–H and O–H groups in total. The molecule has 1 unspecified atom stereocenters. The number of pyridine rings is 1. The van der Waals surface area contributed by atoms with Gasteiger partial charge in [-0.05, 0) is 51.3 Å². The monoisotopic (exact) mass is 276 g/mol. The van der Waals surface area contributed by atoms with Gasteiger partial charge in [0.2, 0.25) is 0 Å². The van der Waals surface area contributed by atoms with E-state index in [9.17, 15) is 0 Å². The molecule has 1 aromatic rings. The van der Waals surface area contributed by atoms with Crippen LogP contribution in [-0.4, -0.2) is 42.1 Å². The molecule has 2 rings (SSSR count). The van der Waals surface area contributed by atoms with E-state index in [0.717, 1.165) is 37.1 Å². The molecular formula is C16H28N4. The lowest BCUT2D eigenvalue weighted by Gasteiger charge is -2.20. The first kappa shape index (κ1) is 15.1. The fourth-order valence-corrected chi connectivity index (χ4v) is 2.63. The van der Waals surface area contributed by atoms with Gasteiger partial charge in [0.25, 0.3) is 0 Å². The first-order valence-corrected chi connectivity index (χ1v) is 7.88. The van der Waals surface area contributed by atoms with E-state index in [-0.39, 0.29) is 0 Å². The number of nitrogens with one attached hydrogen (secondary N) is 2. The fraction of sp³-hybridized carbons (Fsp3) is 0.688. The molecule has 4 nitrogen and oxygen atoms in total. The summed E-state index contributed by atoms with van der Waals surface area (Å²) < 4.78 is 0. The number of hydrogen-bond acceptors (Lipinski definition) is 4. The summed E-state index contributed by atoms with van der Waals surface area (Å²) in [7, 11) is 0. The van der Waals surface area contributed by atoms with Gasteiger partial charge < -0.3 is 15.5 Å². The molecule has 0 amide bonds. The van der Waals surface area contributed by atoms with Crippen molar-refractivity contribution in [1.82, 2.24) is 9.88 Å². The quantitative estimate of drug-likeness (QED) is 0.803. The highest BCUT2D eigenvalue weighted by molar-refractivity contribution is 5.45. The maximum atomic E-state index is 4.59. The maximum Gasteiger partial charge on any atom is 0.128 e. The van der Waals surface area contributed by atoms with Gasteiger partial charge in [0.1, 0.15) is 11.6 Å². The van der Waals surface area contributed by atoms with Gasteiger partial charge in [0.15, 0.2) is 0 Å². The molecule has 0 saturated carbocycles. The summed E-state index contributed by atoms with van der Waals surface area (Å²) in [5.41, 5.74) is 0. The second-order valence-electron chi connectivity index (χ2n) is 5.96. The summed E-state index contributed by atoms with van der Waals surface area (Å²) in [6.07, 6.45) is 2.41. The predicted octanol–water partition coefficient (Wildman–Crippen LogP) is 3.05. The number of hydrogen-bond donors (Lipinski definition) is 2. The van der Waals surface area contributed by atoms with E-state index in [1.54, 1.807) is 0 Å². The Morgan fingerprint density at radius 2 is 2.05 bits per heavy atom. The SMILES string of the molecule is CCCNc1cccc(NCC2CCN(C(C)C)C2)n1. The highest BCUT2D eigenvalue weighted by Crippen LogP contribution is 2.19. The lowest BCUT2D eigenvalue weighted by atomic mass is 10.1. The minimum atomic E-state index is 0.666. The molecule has 112 valence electrons. The molecule has 2 heterocycles. The first-order chi connectivity index (χ1) is 9.69. The van der Waals surface area contributed by atoms with Crippen LogP contribution in [0.3, 0.4) is 0 Å². The highest BCUT2D eigenvalue weighted by atomic mass is 15.2. The standard InChI is InChI=1S/C16H28N4/c1-4-9-17-15-6-5-7-16(19-15)18-11-14-8-10-20(12-14)13(2)3/h5-7,13-14H,4,8-12H2,1-3H3,(H2,17,18,19). The van der Waals surface area contributed by atoms with Gasteiger partial charge in [-0.15, -0.1) is 0 Å². The highest BCUT2D eigenvalue weighted by Gasteiger charge is 2.23. The molecule has 0 spiro atoms. The fourth-order valence-electron chi connectivity index (χ4n) is 2.63. The molecule has 1 saturated heterocycles. The van der Waals surface area contributed by atoms with Crippen LogP contribution in [0.15, 0.2) is 18.2 Å². The van der Waals surface area contributed by atoms with Gasteiger partial charge in [-0.25, -0.2) is 4.98 Å². The van der Waals surface area contributed by atoms with Crippen molar-refractivity contribution in [3.05, 3.63) is 18.2 Å². The molecule has 0 aliphatic carbocycles. The zero-order chi connectivity index (χ0) is 14.4. The van der Waals surface area contributed by atoms with Crippen molar-refractivity contribution in [2.45, 2.75) is 39.7 Å². The summed E-state index contributed by atoms with van der Waals surface area (Å²) in [5, 5.41) is 6.81. The normalized spacial score (nSPS) is 19.5. The van der Waals surface area contributed by atoms with Crippen LogP contribution in [0.4, 0.5) is 11.6 Å². The molecule has 0 aromatic carbocycles. The zero-order valence-corrected chi connectivity index (χ0v) is 13.0. The second-order valence-corrected chi connectivity index (χ2v) is 5.96. The lowest BCUT2D eigenvalue weighted by molar-refractivity contribution is 0.266. The summed E-state index contributed by atoms with van der Waals surface area (Å²) in [4.78, 5) is 7.14. The molecule has 20 heavy (non-hydrogen) atoms. The Hall–Kier alpha value is -1.29. The smallest absolute Gasteiger partial charge is 0.128 e. The molecule has 1 aliphatic rings. The predicted molar refractivity (Wildman–Crippen MR) is 86.3 cm³/mol. The molecule has 0 radical (unpaired) electrons. The number of nitrogens with zero attached hydrogens (tertiary/aromatic N) is 2. The minimum absolute atomic E-state index is 0.666. The molecule has 1 aromatic heterocycles. The minimum Gasteiger partial charge on any atom is -0.370 e. The Labute approximate surface area is 123 Å². The molecule has 4 heteroatoms. The molecule has 1 atom stereocenters. The Morgan fingerprint density at radius 1 is 1.30 bits per heavy atom. The van der Waals surface area contributed by atoms with Crippen LogP contribution in [0.5, 0.6) is 0 Å². The van der Waals surface area contributed by atoms with E-state index in [1.165, 1.54) is 19.5 Å². The summed E-state index contributed by atoms with van der Waals surface area (Å²) in [6.45, 7) is 11.2. The van der Waals surface area contributed by atoms with Crippen LogP contribution < -0.4 is 10.6 Å². The van der Waals surface area contributed by atoms with Crippen LogP contribution in [0, 0.1) is 5.92 Å². The van der Waals surface area contributed by atoms with E-state index in [1.807, 2.05) is 12.1 Å². The van der Waals surface area contributed by atoms with Gasteiger partial charge in [0.05, 0.1) is 0 Å². The van der Waals surface area contributed by atoms with Gasteiger partial charge in [-0.2, -0.15) is 0 Å². The Bertz CT molecular complexity index is 405. The Morgan fingerprint density at radius 3 is 2.70 bits per heavy atom. The third-order valence-corrected chi connectivity index (χ3v) is 3.92. The van der Waals surface area contributed by atoms with Crippen LogP contribution in [0.1, 0.15) is 33.6 Å². The average Bonchev–Trinajstić information content (AvgIpc) is 2.92. The van der Waals surface area contributed by atoms with E-state index in [0.29, 0.717) is 6.04 Å². The molecular weight excluding hydrogens is 248 g/mol. The van der Waals surface area contributed by atoms with Crippen molar-refractivity contribution in [2.75, 3.05) is 36.8 Å². The topological polar surface area (TPSA) is 40.2 Å². The zero-order valence-electron chi connectivity index (χ0n) is 13.0. The third kappa shape index (κ3) is 4.37. The van der Waals surface area contributed by atoms with Gasteiger partial charge in [-0.1, -0.05) is 13.0 Å². The van der Waals surface area contributed by atoms with Crippen molar-refractivity contribution < 1.29 is 0 Å². The number of rotatable bonds is 7. The largest absolute Gasteiger partial charge is 0.370 e. The second kappa shape index (κ2) is 7.48. The van der Waals surface area contributed by atoms with Crippen molar-refractivity contribution in [3.63, 3.8) is 0 Å². The lowest BCUT2D eigenvalue weighted by Crippen LogP contribution is -2.29. The van der Waals surface area contributed by atoms with Gasteiger partial charge in [0, 0.05) is 25.7 Å². The first-order valence-electron chi connectivity index (χ1n) is 7.88. The summed E-state index contributed by atoms with van der Waals surface area (Å²) >= 11 is 0. The number of anilines is 2. The Balaban J connectivity index is 1.79. The Kier molecular flexibility index (Phi) is 5.65. The summed E-state index contributed by atoms with van der Waals surface area (Å²) in [6, 6.07) is 6.80. The molecule has 1 fully saturated rings. The van der Waals surface area contributed by atoms with Crippen LogP contribution in [0.2, 0.25) is 0 Å². The van der Waals surface area contributed by atoms with Crippen molar-refractivity contribution in [1.29, 1.82) is 0 Å². The maximum absolute atomic E-state index is 4.59. The van der Waals surface area contributed by atoms with E-state index in [4.69, 9.17) is 0 Å². The summed E-state index contributed by atoms with van der Waals surface area (Å²) in [5.74, 6) is 2.69. The van der Waals surface area contributed by atoms with Crippen molar-refractivity contribution in [3.8, 4) is 0 Å². The molecule has 0 bridgehead atoms. The van der Waals surface area contributed by atoms with Gasteiger partial charge in [-0.3, -0.25) is 0 Å². The number of likely N-dealkylation sites (tertiary alicyclic amines) is 1. The van der Waals surface area contributed by atoms with Crippen LogP contribution >= 0.6 is 0 Å². The third-order valence-electron chi connectivity index (χ3n) is 3.92. The van der Waals surface area contributed by atoms with Crippen LogP contribution in [0.25, 0.3) is 0 Å². The van der Waals surface area contributed by atoms with Crippen molar-refractivity contribution >= 4 is 11.6 Å².